The summed E-state index contributed by atoms with van der Waals surface area (Å²) in [4.78, 5) is 4.31. The van der Waals surface area contributed by atoms with E-state index in [2.05, 4.69) is 25.6 Å². The van der Waals surface area contributed by atoms with Crippen molar-refractivity contribution in [2.75, 3.05) is 4.72 Å². The van der Waals surface area contributed by atoms with Gasteiger partial charge in [0.2, 0.25) is 0 Å². The normalized spacial score (nSPS) is 11.3. The van der Waals surface area contributed by atoms with Crippen LogP contribution in [0, 0.1) is 6.92 Å². The molecule has 0 bridgehead atoms. The first-order valence-corrected chi connectivity index (χ1v) is 8.44. The zero-order valence-corrected chi connectivity index (χ0v) is 13.6. The van der Waals surface area contributed by atoms with Crippen LogP contribution < -0.4 is 4.72 Å². The predicted octanol–water partition coefficient (Wildman–Crippen LogP) is 3.52. The summed E-state index contributed by atoms with van der Waals surface area (Å²) in [7, 11) is -3.62. The Bertz CT molecular complexity index is 712. The molecule has 0 radical (unpaired) electrons. The van der Waals surface area contributed by atoms with Gasteiger partial charge in [-0.2, -0.15) is 0 Å². The molecule has 20 heavy (non-hydrogen) atoms. The molecule has 2 rings (SSSR count). The van der Waals surface area contributed by atoms with E-state index in [1.807, 2.05) is 32.0 Å². The molecule has 1 aromatic carbocycles. The van der Waals surface area contributed by atoms with Crippen LogP contribution >= 0.6 is 15.9 Å². The van der Waals surface area contributed by atoms with Gasteiger partial charge >= 0.3 is 0 Å². The highest BCUT2D eigenvalue weighted by Gasteiger charge is 2.16. The zero-order chi connectivity index (χ0) is 14.8. The van der Waals surface area contributed by atoms with Crippen molar-refractivity contribution in [3.05, 3.63) is 52.1 Å². The van der Waals surface area contributed by atoms with Gasteiger partial charge in [-0.3, -0.25) is 4.72 Å². The number of anilines is 1. The summed E-state index contributed by atoms with van der Waals surface area (Å²) in [5.74, 6) is 0.287. The first-order chi connectivity index (χ1) is 9.42. The topological polar surface area (TPSA) is 59.1 Å². The molecule has 0 saturated heterocycles. The van der Waals surface area contributed by atoms with Gasteiger partial charge in [-0.05, 0) is 58.6 Å². The van der Waals surface area contributed by atoms with Crippen LogP contribution in [0.2, 0.25) is 0 Å². The molecular formula is C14H15BrN2O2S. The molecule has 0 unspecified atom stereocenters. The van der Waals surface area contributed by atoms with Crippen LogP contribution in [0.3, 0.4) is 0 Å². The number of pyridine rings is 1. The van der Waals surface area contributed by atoms with Crippen molar-refractivity contribution in [1.82, 2.24) is 4.98 Å². The van der Waals surface area contributed by atoms with E-state index in [4.69, 9.17) is 0 Å². The van der Waals surface area contributed by atoms with E-state index in [0.717, 1.165) is 17.5 Å². The van der Waals surface area contributed by atoms with Crippen molar-refractivity contribution in [2.24, 2.45) is 0 Å². The maximum absolute atomic E-state index is 12.3. The van der Waals surface area contributed by atoms with Gasteiger partial charge in [-0.1, -0.05) is 19.1 Å². The molecule has 0 atom stereocenters. The van der Waals surface area contributed by atoms with Crippen molar-refractivity contribution in [2.45, 2.75) is 25.2 Å². The van der Waals surface area contributed by atoms with E-state index < -0.39 is 10.0 Å². The largest absolute Gasteiger partial charge is 0.263 e. The fraction of sp³-hybridized carbons (Fsp3) is 0.214. The lowest BCUT2D eigenvalue weighted by molar-refractivity contribution is 0.601. The number of aromatic nitrogens is 1. The van der Waals surface area contributed by atoms with E-state index in [-0.39, 0.29) is 10.7 Å². The number of sulfonamides is 1. The number of nitrogens with one attached hydrogen (secondary N) is 1. The number of rotatable bonds is 4. The smallest absolute Gasteiger partial charge is 0.262 e. The highest BCUT2D eigenvalue weighted by atomic mass is 79.9. The SMILES string of the molecule is CCc1ccc(S(=O)(=O)Nc2ncc(C)cc2Br)cc1. The zero-order valence-electron chi connectivity index (χ0n) is 11.2. The Labute approximate surface area is 127 Å². The molecule has 0 aliphatic rings. The van der Waals surface area contributed by atoms with E-state index >= 15 is 0 Å². The highest BCUT2D eigenvalue weighted by molar-refractivity contribution is 9.10. The molecule has 1 heterocycles. The second kappa shape index (κ2) is 5.93. The Morgan fingerprint density at radius 3 is 2.45 bits per heavy atom. The van der Waals surface area contributed by atoms with E-state index in [0.29, 0.717) is 4.47 Å². The molecule has 1 aromatic heterocycles. The second-order valence-electron chi connectivity index (χ2n) is 4.45. The maximum atomic E-state index is 12.3. The van der Waals surface area contributed by atoms with Crippen LogP contribution in [-0.2, 0) is 16.4 Å². The second-order valence-corrected chi connectivity index (χ2v) is 6.98. The Balaban J connectivity index is 2.30. The van der Waals surface area contributed by atoms with Gasteiger partial charge in [-0.15, -0.1) is 0 Å². The third kappa shape index (κ3) is 3.37. The van der Waals surface area contributed by atoms with Gasteiger partial charge in [0, 0.05) is 6.20 Å². The van der Waals surface area contributed by atoms with Gasteiger partial charge in [0.25, 0.3) is 10.0 Å². The lowest BCUT2D eigenvalue weighted by Gasteiger charge is -2.09. The summed E-state index contributed by atoms with van der Waals surface area (Å²) in [6.07, 6.45) is 2.49. The van der Waals surface area contributed by atoms with Gasteiger partial charge in [0.1, 0.15) is 0 Å². The van der Waals surface area contributed by atoms with Crippen molar-refractivity contribution in [3.8, 4) is 0 Å². The third-order valence-electron chi connectivity index (χ3n) is 2.85. The lowest BCUT2D eigenvalue weighted by atomic mass is 10.2. The fourth-order valence-electron chi connectivity index (χ4n) is 1.70. The average Bonchev–Trinajstić information content (AvgIpc) is 2.42. The fourth-order valence-corrected chi connectivity index (χ4v) is 3.42. The number of nitrogens with zero attached hydrogens (tertiary/aromatic N) is 1. The summed E-state index contributed by atoms with van der Waals surface area (Å²) in [6.45, 7) is 3.91. The summed E-state index contributed by atoms with van der Waals surface area (Å²) < 4.78 is 27.6. The molecule has 0 amide bonds. The molecule has 106 valence electrons. The Morgan fingerprint density at radius 1 is 1.25 bits per heavy atom. The summed E-state index contributed by atoms with van der Waals surface area (Å²) in [6, 6.07) is 8.63. The van der Waals surface area contributed by atoms with Crippen LogP contribution in [0.4, 0.5) is 5.82 Å². The Hall–Kier alpha value is -1.40. The minimum Gasteiger partial charge on any atom is -0.262 e. The summed E-state index contributed by atoms with van der Waals surface area (Å²) >= 11 is 3.31. The van der Waals surface area contributed by atoms with Crippen LogP contribution in [0.5, 0.6) is 0 Å². The van der Waals surface area contributed by atoms with Gasteiger partial charge in [0.15, 0.2) is 5.82 Å². The molecule has 2 aromatic rings. The molecule has 0 spiro atoms. The Kier molecular flexibility index (Phi) is 4.45. The first kappa shape index (κ1) is 15.0. The highest BCUT2D eigenvalue weighted by Crippen LogP contribution is 2.23. The molecule has 0 aliphatic carbocycles. The maximum Gasteiger partial charge on any atom is 0.263 e. The molecule has 0 fully saturated rings. The molecule has 0 saturated carbocycles. The monoisotopic (exact) mass is 354 g/mol. The number of hydrogen-bond donors (Lipinski definition) is 1. The predicted molar refractivity (Wildman–Crippen MR) is 83.3 cm³/mol. The average molecular weight is 355 g/mol. The molecule has 1 N–H and O–H groups in total. The number of hydrogen-bond acceptors (Lipinski definition) is 3. The van der Waals surface area contributed by atoms with E-state index in [1.54, 1.807) is 18.3 Å². The molecular weight excluding hydrogens is 340 g/mol. The van der Waals surface area contributed by atoms with Gasteiger partial charge in [0.05, 0.1) is 9.37 Å². The number of benzene rings is 1. The van der Waals surface area contributed by atoms with Crippen LogP contribution in [0.15, 0.2) is 45.9 Å². The molecule has 0 aliphatic heterocycles. The Morgan fingerprint density at radius 2 is 1.90 bits per heavy atom. The van der Waals surface area contributed by atoms with Crippen LogP contribution in [0.1, 0.15) is 18.1 Å². The van der Waals surface area contributed by atoms with E-state index in [9.17, 15) is 8.42 Å². The van der Waals surface area contributed by atoms with Crippen molar-refractivity contribution < 1.29 is 8.42 Å². The van der Waals surface area contributed by atoms with Gasteiger partial charge < -0.3 is 0 Å². The minimum absolute atomic E-state index is 0.226. The summed E-state index contributed by atoms with van der Waals surface area (Å²) in [5.41, 5.74) is 2.05. The lowest BCUT2D eigenvalue weighted by Crippen LogP contribution is -2.14. The standard InChI is InChI=1S/C14H15BrN2O2S/c1-3-11-4-6-12(7-5-11)20(18,19)17-14-13(15)8-10(2)9-16-14/h4-9H,3H2,1-2H3,(H,16,17). The molecule has 6 heteroatoms. The number of halogens is 1. The van der Waals surface area contributed by atoms with Crippen LogP contribution in [0.25, 0.3) is 0 Å². The van der Waals surface area contributed by atoms with Crippen molar-refractivity contribution in [1.29, 1.82) is 0 Å². The van der Waals surface area contributed by atoms with Gasteiger partial charge in [-0.25, -0.2) is 13.4 Å². The molecule has 4 nitrogen and oxygen atoms in total. The van der Waals surface area contributed by atoms with Crippen molar-refractivity contribution >= 4 is 31.8 Å². The number of aryl methyl sites for hydroxylation is 2. The third-order valence-corrected chi connectivity index (χ3v) is 4.81. The first-order valence-electron chi connectivity index (χ1n) is 6.16. The van der Waals surface area contributed by atoms with E-state index in [1.165, 1.54) is 0 Å². The quantitative estimate of drug-likeness (QED) is 0.913. The minimum atomic E-state index is -3.62. The summed E-state index contributed by atoms with van der Waals surface area (Å²) in [5, 5.41) is 0. The van der Waals surface area contributed by atoms with Crippen LogP contribution in [-0.4, -0.2) is 13.4 Å². The van der Waals surface area contributed by atoms with Crippen molar-refractivity contribution in [3.63, 3.8) is 0 Å².